The van der Waals surface area contributed by atoms with E-state index in [1.165, 1.54) is 28.7 Å². The zero-order valence-electron chi connectivity index (χ0n) is 15.4. The van der Waals surface area contributed by atoms with Crippen LogP contribution in [0.2, 0.25) is 0 Å². The highest BCUT2D eigenvalue weighted by Crippen LogP contribution is 2.24. The van der Waals surface area contributed by atoms with Crippen molar-refractivity contribution in [1.29, 1.82) is 0 Å². The van der Waals surface area contributed by atoms with Crippen LogP contribution in [0.5, 0.6) is 0 Å². The standard InChI is InChI=1S/C18H27N3O3S2/c1-14-9-15(2)12-20(11-14)18(22)13-25-17-6-5-16(10-19-17)26(23,24)21-7-3-4-8-21/h5-6,10,14-15H,3-4,7-9,11-13H2,1-2H3/t14-,15-/m0/s1. The largest absolute Gasteiger partial charge is 0.341 e. The van der Waals surface area contributed by atoms with Gasteiger partial charge in [0.25, 0.3) is 0 Å². The molecule has 0 unspecified atom stereocenters. The van der Waals surface area contributed by atoms with Crippen molar-refractivity contribution in [2.24, 2.45) is 11.8 Å². The molecule has 3 rings (SSSR count). The number of sulfonamides is 1. The number of likely N-dealkylation sites (tertiary alicyclic amines) is 1. The van der Waals surface area contributed by atoms with Gasteiger partial charge in [-0.3, -0.25) is 4.79 Å². The number of piperidine rings is 1. The number of rotatable bonds is 5. The Labute approximate surface area is 160 Å². The molecule has 2 atom stereocenters. The van der Waals surface area contributed by atoms with E-state index in [9.17, 15) is 13.2 Å². The number of pyridine rings is 1. The van der Waals surface area contributed by atoms with Crippen LogP contribution in [0.3, 0.4) is 0 Å². The van der Waals surface area contributed by atoms with Gasteiger partial charge in [0.15, 0.2) is 0 Å². The van der Waals surface area contributed by atoms with Crippen LogP contribution in [0, 0.1) is 11.8 Å². The van der Waals surface area contributed by atoms with Gasteiger partial charge in [-0.05, 0) is 43.2 Å². The zero-order valence-corrected chi connectivity index (χ0v) is 17.1. The van der Waals surface area contributed by atoms with Gasteiger partial charge in [0.1, 0.15) is 4.90 Å². The van der Waals surface area contributed by atoms with Crippen molar-refractivity contribution >= 4 is 27.7 Å². The first kappa shape index (κ1) is 19.6. The minimum absolute atomic E-state index is 0.129. The molecule has 2 fully saturated rings. The van der Waals surface area contributed by atoms with Crippen molar-refractivity contribution in [1.82, 2.24) is 14.2 Å². The first-order valence-electron chi connectivity index (χ1n) is 9.23. The van der Waals surface area contributed by atoms with Crippen molar-refractivity contribution in [3.63, 3.8) is 0 Å². The van der Waals surface area contributed by atoms with Gasteiger partial charge in [0.2, 0.25) is 15.9 Å². The van der Waals surface area contributed by atoms with Crippen molar-refractivity contribution in [2.75, 3.05) is 31.9 Å². The van der Waals surface area contributed by atoms with Crippen LogP contribution in [-0.4, -0.2) is 60.4 Å². The van der Waals surface area contributed by atoms with Gasteiger partial charge in [0, 0.05) is 32.4 Å². The summed E-state index contributed by atoms with van der Waals surface area (Å²) in [4.78, 5) is 18.9. The molecule has 1 amide bonds. The third-order valence-electron chi connectivity index (χ3n) is 4.98. The van der Waals surface area contributed by atoms with E-state index in [1.54, 1.807) is 12.1 Å². The van der Waals surface area contributed by atoms with Gasteiger partial charge in [0.05, 0.1) is 10.8 Å². The Hall–Kier alpha value is -1.12. The summed E-state index contributed by atoms with van der Waals surface area (Å²) in [6.07, 6.45) is 4.41. The minimum atomic E-state index is -3.43. The Morgan fingerprint density at radius 3 is 2.42 bits per heavy atom. The lowest BCUT2D eigenvalue weighted by atomic mass is 9.92. The molecule has 8 heteroatoms. The lowest BCUT2D eigenvalue weighted by molar-refractivity contribution is -0.130. The van der Waals surface area contributed by atoms with E-state index in [2.05, 4.69) is 18.8 Å². The monoisotopic (exact) mass is 397 g/mol. The quantitative estimate of drug-likeness (QED) is 0.714. The lowest BCUT2D eigenvalue weighted by Crippen LogP contribution is -2.43. The van der Waals surface area contributed by atoms with Crippen LogP contribution in [-0.2, 0) is 14.8 Å². The molecule has 1 aromatic heterocycles. The predicted molar refractivity (Wildman–Crippen MR) is 102 cm³/mol. The second-order valence-corrected chi connectivity index (χ2v) is 10.4. The predicted octanol–water partition coefficient (Wildman–Crippen LogP) is 2.46. The summed E-state index contributed by atoms with van der Waals surface area (Å²) in [5.74, 6) is 1.55. The normalized spacial score (nSPS) is 24.8. The van der Waals surface area contributed by atoms with Crippen molar-refractivity contribution in [3.05, 3.63) is 18.3 Å². The summed E-state index contributed by atoms with van der Waals surface area (Å²) >= 11 is 1.37. The maximum atomic E-state index is 12.5. The molecule has 3 heterocycles. The van der Waals surface area contributed by atoms with Crippen LogP contribution in [0.25, 0.3) is 0 Å². The number of aromatic nitrogens is 1. The fourth-order valence-corrected chi connectivity index (χ4v) is 5.98. The maximum Gasteiger partial charge on any atom is 0.244 e. The molecule has 0 saturated carbocycles. The van der Waals surface area contributed by atoms with Crippen LogP contribution in [0.1, 0.15) is 33.1 Å². The fraction of sp³-hybridized carbons (Fsp3) is 0.667. The molecule has 26 heavy (non-hydrogen) atoms. The smallest absolute Gasteiger partial charge is 0.244 e. The van der Waals surface area contributed by atoms with Crippen molar-refractivity contribution in [2.45, 2.75) is 43.0 Å². The summed E-state index contributed by atoms with van der Waals surface area (Å²) in [5.41, 5.74) is 0. The number of carbonyl (C=O) groups excluding carboxylic acids is 1. The van der Waals surface area contributed by atoms with Crippen molar-refractivity contribution < 1.29 is 13.2 Å². The molecule has 0 aliphatic carbocycles. The van der Waals surface area contributed by atoms with Gasteiger partial charge in [-0.25, -0.2) is 13.4 Å². The molecule has 0 bridgehead atoms. The van der Waals surface area contributed by atoms with Gasteiger partial charge < -0.3 is 4.90 Å². The second-order valence-electron chi connectivity index (χ2n) is 7.48. The first-order valence-corrected chi connectivity index (χ1v) is 11.7. The first-order chi connectivity index (χ1) is 12.4. The molecule has 0 aromatic carbocycles. The SMILES string of the molecule is C[C@H]1C[C@H](C)CN(C(=O)CSc2ccc(S(=O)(=O)N3CCCC3)cn2)C1. The maximum absolute atomic E-state index is 12.5. The summed E-state index contributed by atoms with van der Waals surface area (Å²) < 4.78 is 26.5. The van der Waals surface area contributed by atoms with Gasteiger partial charge in [-0.2, -0.15) is 4.31 Å². The van der Waals surface area contributed by atoms with Crippen LogP contribution >= 0.6 is 11.8 Å². The Morgan fingerprint density at radius 2 is 1.85 bits per heavy atom. The molecule has 0 spiro atoms. The average molecular weight is 398 g/mol. The zero-order chi connectivity index (χ0) is 18.7. The van der Waals surface area contributed by atoms with E-state index in [1.807, 2.05) is 4.90 Å². The van der Waals surface area contributed by atoms with Gasteiger partial charge in [-0.15, -0.1) is 0 Å². The molecular weight excluding hydrogens is 370 g/mol. The number of hydrogen-bond donors (Lipinski definition) is 0. The molecule has 144 valence electrons. The summed E-state index contributed by atoms with van der Waals surface area (Å²) in [7, 11) is -3.43. The highest BCUT2D eigenvalue weighted by atomic mass is 32.2. The number of hydrogen-bond acceptors (Lipinski definition) is 5. The molecule has 2 saturated heterocycles. The Balaban J connectivity index is 1.57. The Kier molecular flexibility index (Phi) is 6.25. The molecule has 1 aromatic rings. The van der Waals surface area contributed by atoms with E-state index in [0.717, 1.165) is 25.9 Å². The van der Waals surface area contributed by atoms with Crippen LogP contribution in [0.4, 0.5) is 0 Å². The Bertz CT molecular complexity index is 721. The van der Waals surface area contributed by atoms with E-state index in [-0.39, 0.29) is 10.8 Å². The third-order valence-corrected chi connectivity index (χ3v) is 7.79. The number of carbonyl (C=O) groups is 1. The topological polar surface area (TPSA) is 70.6 Å². The van der Waals surface area contributed by atoms with E-state index in [0.29, 0.717) is 35.7 Å². The minimum Gasteiger partial charge on any atom is -0.341 e. The lowest BCUT2D eigenvalue weighted by Gasteiger charge is -2.35. The summed E-state index contributed by atoms with van der Waals surface area (Å²) in [6, 6.07) is 3.29. The molecule has 6 nitrogen and oxygen atoms in total. The van der Waals surface area contributed by atoms with E-state index >= 15 is 0 Å². The van der Waals surface area contributed by atoms with Crippen LogP contribution < -0.4 is 0 Å². The molecular formula is C18H27N3O3S2. The van der Waals surface area contributed by atoms with E-state index in [4.69, 9.17) is 0 Å². The van der Waals surface area contributed by atoms with Gasteiger partial charge >= 0.3 is 0 Å². The van der Waals surface area contributed by atoms with E-state index < -0.39 is 10.0 Å². The Morgan fingerprint density at radius 1 is 1.19 bits per heavy atom. The number of amides is 1. The average Bonchev–Trinajstić information content (AvgIpc) is 3.14. The summed E-state index contributed by atoms with van der Waals surface area (Å²) in [6.45, 7) is 7.18. The highest BCUT2D eigenvalue weighted by Gasteiger charge is 2.28. The third kappa shape index (κ3) is 4.58. The molecule has 2 aliphatic rings. The molecule has 0 N–H and O–H groups in total. The number of thioether (sulfide) groups is 1. The fourth-order valence-electron chi connectivity index (χ4n) is 3.78. The summed E-state index contributed by atoms with van der Waals surface area (Å²) in [5, 5.41) is 0.678. The molecule has 0 radical (unpaired) electrons. The molecule has 2 aliphatic heterocycles. The van der Waals surface area contributed by atoms with Gasteiger partial charge in [-0.1, -0.05) is 25.6 Å². The second kappa shape index (κ2) is 8.27. The van der Waals surface area contributed by atoms with Crippen molar-refractivity contribution in [3.8, 4) is 0 Å². The highest BCUT2D eigenvalue weighted by molar-refractivity contribution is 7.99. The van der Waals surface area contributed by atoms with Crippen LogP contribution in [0.15, 0.2) is 28.3 Å². The number of nitrogens with zero attached hydrogens (tertiary/aromatic N) is 3.